The van der Waals surface area contributed by atoms with Crippen molar-refractivity contribution in [3.63, 3.8) is 0 Å². The van der Waals surface area contributed by atoms with E-state index >= 15 is 0 Å². The minimum atomic E-state index is -0.121. The van der Waals surface area contributed by atoms with Gasteiger partial charge in [0.1, 0.15) is 0 Å². The van der Waals surface area contributed by atoms with E-state index in [1.165, 1.54) is 12.8 Å². The van der Waals surface area contributed by atoms with Crippen molar-refractivity contribution in [1.82, 2.24) is 5.43 Å². The van der Waals surface area contributed by atoms with E-state index in [1.54, 1.807) is 0 Å². The normalized spacial score (nSPS) is 19.2. The summed E-state index contributed by atoms with van der Waals surface area (Å²) < 4.78 is 0. The Labute approximate surface area is 127 Å². The maximum absolute atomic E-state index is 12.0. The van der Waals surface area contributed by atoms with Crippen molar-refractivity contribution < 1.29 is 4.79 Å². The number of aryl methyl sites for hydroxylation is 1. The third-order valence-corrected chi connectivity index (χ3v) is 4.38. The average Bonchev–Trinajstić information content (AvgIpc) is 2.44. The zero-order chi connectivity index (χ0) is 15.5. The first-order chi connectivity index (χ1) is 9.86. The van der Waals surface area contributed by atoms with Gasteiger partial charge in [-0.2, -0.15) is 5.10 Å². The Morgan fingerprint density at radius 2 is 1.90 bits per heavy atom. The van der Waals surface area contributed by atoms with Gasteiger partial charge >= 0.3 is 0 Å². The number of rotatable bonds is 2. The van der Waals surface area contributed by atoms with E-state index in [0.717, 1.165) is 30.0 Å². The van der Waals surface area contributed by atoms with E-state index in [4.69, 9.17) is 0 Å². The molecule has 1 N–H and O–H groups in total. The van der Waals surface area contributed by atoms with Gasteiger partial charge in [-0.1, -0.05) is 38.5 Å². The van der Waals surface area contributed by atoms with Gasteiger partial charge in [-0.05, 0) is 56.1 Å². The fraction of sp³-hybridized carbons (Fsp3) is 0.556. The predicted octanol–water partition coefficient (Wildman–Crippen LogP) is 4.32. The van der Waals surface area contributed by atoms with Crippen molar-refractivity contribution in [2.75, 3.05) is 0 Å². The molecule has 0 aromatic heterocycles. The van der Waals surface area contributed by atoms with Crippen LogP contribution in [-0.4, -0.2) is 11.6 Å². The van der Waals surface area contributed by atoms with Crippen molar-refractivity contribution in [1.29, 1.82) is 0 Å². The number of hydrazone groups is 1. The van der Waals surface area contributed by atoms with Crippen LogP contribution in [0, 0.1) is 18.3 Å². The van der Waals surface area contributed by atoms with E-state index in [9.17, 15) is 4.79 Å². The monoisotopic (exact) mass is 286 g/mol. The van der Waals surface area contributed by atoms with Gasteiger partial charge in [0.25, 0.3) is 5.91 Å². The summed E-state index contributed by atoms with van der Waals surface area (Å²) in [4.78, 5) is 12.0. The fourth-order valence-electron chi connectivity index (χ4n) is 2.91. The highest BCUT2D eigenvalue weighted by Gasteiger charge is 2.28. The number of nitrogens with zero attached hydrogens (tertiary/aromatic N) is 1. The molecular weight excluding hydrogens is 260 g/mol. The smallest absolute Gasteiger partial charge is 0.267 e. The van der Waals surface area contributed by atoms with Crippen LogP contribution in [0.2, 0.25) is 0 Å². The molecule has 0 radical (unpaired) electrons. The third-order valence-electron chi connectivity index (χ3n) is 4.38. The molecule has 0 atom stereocenters. The van der Waals surface area contributed by atoms with Crippen LogP contribution in [0.3, 0.4) is 0 Å². The minimum absolute atomic E-state index is 0.121. The molecule has 0 bridgehead atoms. The minimum Gasteiger partial charge on any atom is -0.267 e. The summed E-state index contributed by atoms with van der Waals surface area (Å²) in [6, 6.07) is 7.58. The molecule has 1 aliphatic rings. The van der Waals surface area contributed by atoms with E-state index in [1.807, 2.05) is 31.2 Å². The van der Waals surface area contributed by atoms with Crippen molar-refractivity contribution in [2.24, 2.45) is 16.4 Å². The summed E-state index contributed by atoms with van der Waals surface area (Å²) in [5, 5.41) is 4.32. The predicted molar refractivity (Wildman–Crippen MR) is 87.5 cm³/mol. The van der Waals surface area contributed by atoms with Gasteiger partial charge < -0.3 is 0 Å². The van der Waals surface area contributed by atoms with E-state index < -0.39 is 0 Å². The quantitative estimate of drug-likeness (QED) is 0.808. The molecule has 1 fully saturated rings. The Bertz CT molecular complexity index is 530. The molecule has 1 aromatic carbocycles. The first-order valence-corrected chi connectivity index (χ1v) is 7.78. The average molecular weight is 286 g/mol. The Kier molecular flexibility index (Phi) is 4.81. The molecule has 3 nitrogen and oxygen atoms in total. The second-order valence-corrected chi connectivity index (χ2v) is 7.13. The summed E-state index contributed by atoms with van der Waals surface area (Å²) in [7, 11) is 0. The van der Waals surface area contributed by atoms with Crippen molar-refractivity contribution >= 4 is 11.6 Å². The van der Waals surface area contributed by atoms with Crippen LogP contribution in [-0.2, 0) is 0 Å². The summed E-state index contributed by atoms with van der Waals surface area (Å²) in [6.07, 6.45) is 4.33. The lowest BCUT2D eigenvalue weighted by Crippen LogP contribution is -2.27. The molecular formula is C18H26N2O. The molecule has 2 rings (SSSR count). The topological polar surface area (TPSA) is 41.5 Å². The van der Waals surface area contributed by atoms with Crippen LogP contribution in [0.25, 0.3) is 0 Å². The van der Waals surface area contributed by atoms with Crippen LogP contribution < -0.4 is 5.43 Å². The largest absolute Gasteiger partial charge is 0.271 e. The Morgan fingerprint density at radius 3 is 2.48 bits per heavy atom. The molecule has 1 aromatic rings. The fourth-order valence-corrected chi connectivity index (χ4v) is 2.91. The maximum Gasteiger partial charge on any atom is 0.271 e. The van der Waals surface area contributed by atoms with Gasteiger partial charge in [0.15, 0.2) is 0 Å². The number of amides is 1. The first-order valence-electron chi connectivity index (χ1n) is 7.78. The maximum atomic E-state index is 12.0. The molecule has 0 unspecified atom stereocenters. The highest BCUT2D eigenvalue weighted by atomic mass is 16.2. The van der Waals surface area contributed by atoms with Crippen LogP contribution >= 0.6 is 0 Å². The van der Waals surface area contributed by atoms with E-state index in [-0.39, 0.29) is 5.91 Å². The molecule has 0 heterocycles. The lowest BCUT2D eigenvalue weighted by Gasteiger charge is -2.34. The highest BCUT2D eigenvalue weighted by molar-refractivity contribution is 5.95. The van der Waals surface area contributed by atoms with Crippen molar-refractivity contribution in [3.05, 3.63) is 35.4 Å². The summed E-state index contributed by atoms with van der Waals surface area (Å²) in [5.74, 6) is 0.632. The highest BCUT2D eigenvalue weighted by Crippen LogP contribution is 2.36. The zero-order valence-corrected chi connectivity index (χ0v) is 13.6. The Balaban J connectivity index is 1.90. The zero-order valence-electron chi connectivity index (χ0n) is 13.6. The lowest BCUT2D eigenvalue weighted by molar-refractivity contribution is 0.0954. The van der Waals surface area contributed by atoms with Crippen LogP contribution in [0.5, 0.6) is 0 Å². The Morgan fingerprint density at radius 1 is 1.24 bits per heavy atom. The number of nitrogens with one attached hydrogen (secondary N) is 1. The number of hydrogen-bond acceptors (Lipinski definition) is 2. The van der Waals surface area contributed by atoms with Gasteiger partial charge in [-0.25, -0.2) is 5.43 Å². The standard InChI is InChI=1S/C18H26N2O/c1-13-6-5-7-14(12-13)17(21)20-19-16-10-8-15(9-11-16)18(2,3)4/h5-7,12,15H,8-11H2,1-4H3,(H,20,21). The van der Waals surface area contributed by atoms with E-state index in [2.05, 4.69) is 31.3 Å². The van der Waals surface area contributed by atoms with Crippen LogP contribution in [0.4, 0.5) is 0 Å². The molecule has 0 aliphatic heterocycles. The molecule has 21 heavy (non-hydrogen) atoms. The van der Waals surface area contributed by atoms with E-state index in [0.29, 0.717) is 11.0 Å². The number of carbonyl (C=O) groups is 1. The second kappa shape index (κ2) is 6.42. The van der Waals surface area contributed by atoms with Gasteiger partial charge in [-0.15, -0.1) is 0 Å². The van der Waals surface area contributed by atoms with Crippen LogP contribution in [0.1, 0.15) is 62.4 Å². The van der Waals surface area contributed by atoms with Crippen molar-refractivity contribution in [2.45, 2.75) is 53.4 Å². The molecule has 1 aliphatic carbocycles. The molecule has 3 heteroatoms. The summed E-state index contributed by atoms with van der Waals surface area (Å²) in [5.41, 5.74) is 5.95. The van der Waals surface area contributed by atoms with Gasteiger partial charge in [0.05, 0.1) is 0 Å². The molecule has 1 saturated carbocycles. The van der Waals surface area contributed by atoms with Gasteiger partial charge in [0.2, 0.25) is 0 Å². The first kappa shape index (κ1) is 15.7. The summed E-state index contributed by atoms with van der Waals surface area (Å²) >= 11 is 0. The van der Waals surface area contributed by atoms with Crippen LogP contribution in [0.15, 0.2) is 29.4 Å². The molecule has 0 spiro atoms. The molecule has 0 saturated heterocycles. The van der Waals surface area contributed by atoms with Gasteiger partial charge in [-0.3, -0.25) is 4.79 Å². The number of carbonyl (C=O) groups excluding carboxylic acids is 1. The number of hydrogen-bond donors (Lipinski definition) is 1. The third kappa shape index (κ3) is 4.42. The van der Waals surface area contributed by atoms with Crippen molar-refractivity contribution in [3.8, 4) is 0 Å². The SMILES string of the molecule is Cc1cccc(C(=O)NN=C2CCC(C(C)(C)C)CC2)c1. The molecule has 114 valence electrons. The lowest BCUT2D eigenvalue weighted by atomic mass is 9.72. The molecule has 1 amide bonds. The van der Waals surface area contributed by atoms with Gasteiger partial charge in [0, 0.05) is 11.3 Å². The Hall–Kier alpha value is -1.64. The summed E-state index contributed by atoms with van der Waals surface area (Å²) in [6.45, 7) is 8.90. The second-order valence-electron chi connectivity index (χ2n) is 7.13. The number of benzene rings is 1.